The second kappa shape index (κ2) is 5.35. The number of fused-ring (bicyclic) bond motifs is 2. The van der Waals surface area contributed by atoms with Crippen molar-refractivity contribution >= 4 is 27.2 Å². The number of H-pyrrole nitrogens is 1. The zero-order chi connectivity index (χ0) is 16.8. The van der Waals surface area contributed by atoms with E-state index in [1.807, 2.05) is 58.6 Å². The van der Waals surface area contributed by atoms with Gasteiger partial charge in [0.2, 0.25) is 0 Å². The highest BCUT2D eigenvalue weighted by molar-refractivity contribution is 7.17. The van der Waals surface area contributed by atoms with E-state index in [1.54, 1.807) is 6.20 Å². The van der Waals surface area contributed by atoms with Gasteiger partial charge in [0.1, 0.15) is 16.0 Å². The fourth-order valence-corrected chi connectivity index (χ4v) is 3.70. The van der Waals surface area contributed by atoms with E-state index < -0.39 is 0 Å². The maximum Gasteiger partial charge on any atom is 0.269 e. The van der Waals surface area contributed by atoms with Crippen LogP contribution in [0, 0.1) is 0 Å². The summed E-state index contributed by atoms with van der Waals surface area (Å²) in [5.41, 5.74) is 3.58. The lowest BCUT2D eigenvalue weighted by molar-refractivity contribution is 1.16. The first kappa shape index (κ1) is 14.1. The fourth-order valence-electron chi connectivity index (χ4n) is 2.80. The molecule has 5 heterocycles. The summed E-state index contributed by atoms with van der Waals surface area (Å²) in [6.45, 7) is 0. The number of rotatable bonds is 2. The van der Waals surface area contributed by atoms with Crippen molar-refractivity contribution in [2.24, 2.45) is 0 Å². The Morgan fingerprint density at radius 2 is 1.96 bits per heavy atom. The third-order valence-corrected chi connectivity index (χ3v) is 4.94. The van der Waals surface area contributed by atoms with E-state index in [4.69, 9.17) is 0 Å². The van der Waals surface area contributed by atoms with Gasteiger partial charge >= 0.3 is 0 Å². The highest BCUT2D eigenvalue weighted by atomic mass is 32.1. The predicted octanol–water partition coefficient (Wildman–Crippen LogP) is 3.36. The highest BCUT2D eigenvalue weighted by Crippen LogP contribution is 2.30. The lowest BCUT2D eigenvalue weighted by atomic mass is 10.2. The van der Waals surface area contributed by atoms with Crippen molar-refractivity contribution in [2.45, 2.75) is 0 Å². The number of nitrogens with zero attached hydrogens (tertiary/aromatic N) is 4. The number of nitrogens with one attached hydrogen (secondary N) is 1. The molecular formula is C18H11N5OS. The quantitative estimate of drug-likeness (QED) is 0.532. The van der Waals surface area contributed by atoms with Gasteiger partial charge in [-0.15, -0.1) is 11.3 Å². The van der Waals surface area contributed by atoms with Crippen LogP contribution in [0.4, 0.5) is 0 Å². The molecule has 0 fully saturated rings. The van der Waals surface area contributed by atoms with Crippen LogP contribution in [0.25, 0.3) is 38.6 Å². The topological polar surface area (TPSA) is 75.9 Å². The molecule has 0 saturated heterocycles. The van der Waals surface area contributed by atoms with Gasteiger partial charge in [-0.1, -0.05) is 12.1 Å². The Morgan fingerprint density at radius 1 is 1.04 bits per heavy atom. The molecule has 0 aromatic carbocycles. The third-order valence-electron chi connectivity index (χ3n) is 3.97. The van der Waals surface area contributed by atoms with Gasteiger partial charge in [-0.2, -0.15) is 0 Å². The van der Waals surface area contributed by atoms with Crippen molar-refractivity contribution in [1.82, 2.24) is 24.3 Å². The molecule has 0 amide bonds. The van der Waals surface area contributed by atoms with Crippen molar-refractivity contribution in [1.29, 1.82) is 0 Å². The Balaban J connectivity index is 1.76. The Hall–Kier alpha value is -3.32. The Kier molecular flexibility index (Phi) is 3.01. The zero-order valence-corrected chi connectivity index (χ0v) is 13.7. The van der Waals surface area contributed by atoms with Crippen LogP contribution in [0.2, 0.25) is 0 Å². The molecule has 0 aliphatic carbocycles. The molecule has 5 rings (SSSR count). The molecule has 0 spiro atoms. The maximum absolute atomic E-state index is 12.5. The van der Waals surface area contributed by atoms with Crippen molar-refractivity contribution < 1.29 is 0 Å². The number of pyridine rings is 2. The van der Waals surface area contributed by atoms with Gasteiger partial charge in [-0.3, -0.25) is 9.78 Å². The molecule has 0 aliphatic heterocycles. The van der Waals surface area contributed by atoms with Crippen LogP contribution in [0.3, 0.4) is 0 Å². The largest absolute Gasteiger partial charge is 0.306 e. The molecule has 7 heteroatoms. The summed E-state index contributed by atoms with van der Waals surface area (Å²) >= 11 is 1.37. The first-order chi connectivity index (χ1) is 12.3. The molecule has 6 nitrogen and oxygen atoms in total. The molecule has 0 atom stereocenters. The zero-order valence-electron chi connectivity index (χ0n) is 12.9. The summed E-state index contributed by atoms with van der Waals surface area (Å²) in [5.74, 6) is 0.455. The molecule has 120 valence electrons. The lowest BCUT2D eigenvalue weighted by Crippen LogP contribution is -2.08. The molecule has 0 radical (unpaired) electrons. The third kappa shape index (κ3) is 2.25. The first-order valence-electron chi connectivity index (χ1n) is 7.66. The summed E-state index contributed by atoms with van der Waals surface area (Å²) in [4.78, 5) is 28.9. The average Bonchev–Trinajstić information content (AvgIpc) is 3.26. The lowest BCUT2D eigenvalue weighted by Gasteiger charge is -2.00. The molecule has 0 bridgehead atoms. The molecule has 1 N–H and O–H groups in total. The molecule has 0 unspecified atom stereocenters. The Bertz CT molecular complexity index is 1240. The summed E-state index contributed by atoms with van der Waals surface area (Å²) in [6, 6.07) is 11.4. The maximum atomic E-state index is 12.5. The Morgan fingerprint density at radius 3 is 2.80 bits per heavy atom. The van der Waals surface area contributed by atoms with Crippen molar-refractivity contribution in [2.75, 3.05) is 0 Å². The standard InChI is InChI=1S/C18H11N5OS/c24-18-16-15(11(10-25-16)12-5-1-3-7-19-12)21-17(22-18)13-9-23-8-4-2-6-14(23)20-13/h1-10H,(H,21,22,24). The molecule has 0 aliphatic rings. The van der Waals surface area contributed by atoms with Crippen LogP contribution in [0.15, 0.2) is 65.2 Å². The van der Waals surface area contributed by atoms with E-state index >= 15 is 0 Å². The van der Waals surface area contributed by atoms with E-state index in [2.05, 4.69) is 19.9 Å². The number of thiophene rings is 1. The van der Waals surface area contributed by atoms with Crippen molar-refractivity contribution in [3.63, 3.8) is 0 Å². The normalized spacial score (nSPS) is 11.4. The number of hydrogen-bond donors (Lipinski definition) is 1. The molecule has 0 saturated carbocycles. The summed E-state index contributed by atoms with van der Waals surface area (Å²) in [6.07, 6.45) is 5.49. The van der Waals surface area contributed by atoms with E-state index in [1.165, 1.54) is 11.3 Å². The number of aromatic amines is 1. The van der Waals surface area contributed by atoms with E-state index in [-0.39, 0.29) is 5.56 Å². The van der Waals surface area contributed by atoms with Crippen LogP contribution in [0.1, 0.15) is 0 Å². The summed E-state index contributed by atoms with van der Waals surface area (Å²) in [5, 5.41) is 1.92. The van der Waals surface area contributed by atoms with Crippen molar-refractivity contribution in [3.8, 4) is 22.8 Å². The van der Waals surface area contributed by atoms with Gasteiger partial charge in [0, 0.05) is 29.5 Å². The van der Waals surface area contributed by atoms with Gasteiger partial charge in [-0.05, 0) is 24.3 Å². The smallest absolute Gasteiger partial charge is 0.269 e. The van der Waals surface area contributed by atoms with Crippen LogP contribution >= 0.6 is 11.3 Å². The first-order valence-corrected chi connectivity index (χ1v) is 8.54. The Labute approximate surface area is 145 Å². The summed E-state index contributed by atoms with van der Waals surface area (Å²) in [7, 11) is 0. The monoisotopic (exact) mass is 345 g/mol. The minimum absolute atomic E-state index is 0.163. The fraction of sp³-hybridized carbons (Fsp3) is 0. The molecule has 25 heavy (non-hydrogen) atoms. The molecular weight excluding hydrogens is 334 g/mol. The van der Waals surface area contributed by atoms with Gasteiger partial charge in [0.25, 0.3) is 5.56 Å². The van der Waals surface area contributed by atoms with Crippen LogP contribution < -0.4 is 5.56 Å². The van der Waals surface area contributed by atoms with Crippen LogP contribution in [-0.4, -0.2) is 24.3 Å². The molecule has 5 aromatic rings. The van der Waals surface area contributed by atoms with Gasteiger partial charge in [-0.25, -0.2) is 9.97 Å². The predicted molar refractivity (Wildman–Crippen MR) is 97.7 cm³/mol. The second-order valence-corrected chi connectivity index (χ2v) is 6.43. The van der Waals surface area contributed by atoms with Crippen LogP contribution in [0.5, 0.6) is 0 Å². The van der Waals surface area contributed by atoms with E-state index in [9.17, 15) is 4.79 Å². The van der Waals surface area contributed by atoms with Gasteiger partial charge in [0.15, 0.2) is 5.82 Å². The number of imidazole rings is 1. The average molecular weight is 345 g/mol. The second-order valence-electron chi connectivity index (χ2n) is 5.55. The van der Waals surface area contributed by atoms with Gasteiger partial charge in [0.05, 0.1) is 11.2 Å². The number of hydrogen-bond acceptors (Lipinski definition) is 5. The minimum Gasteiger partial charge on any atom is -0.306 e. The SMILES string of the molecule is O=c1[nH]c(-c2cn3ccccc3n2)nc2c(-c3ccccn3)csc12. The van der Waals surface area contributed by atoms with E-state index in [0.717, 1.165) is 16.9 Å². The highest BCUT2D eigenvalue weighted by Gasteiger charge is 2.15. The number of aromatic nitrogens is 5. The minimum atomic E-state index is -0.163. The van der Waals surface area contributed by atoms with E-state index in [0.29, 0.717) is 21.7 Å². The van der Waals surface area contributed by atoms with Crippen molar-refractivity contribution in [3.05, 3.63) is 70.7 Å². The molecule has 5 aromatic heterocycles. The van der Waals surface area contributed by atoms with Crippen LogP contribution in [-0.2, 0) is 0 Å². The van der Waals surface area contributed by atoms with Gasteiger partial charge < -0.3 is 9.38 Å². The summed E-state index contributed by atoms with van der Waals surface area (Å²) < 4.78 is 2.49.